The summed E-state index contributed by atoms with van der Waals surface area (Å²) in [6.45, 7) is 13.4. The van der Waals surface area contributed by atoms with Crippen LogP contribution in [-0.4, -0.2) is 83.8 Å². The summed E-state index contributed by atoms with van der Waals surface area (Å²) < 4.78 is 13.1. The number of aliphatic carboxylic acids is 2. The van der Waals surface area contributed by atoms with Gasteiger partial charge in [0.05, 0.1) is 23.0 Å². The molecule has 0 aromatic carbocycles. The molecule has 0 bridgehead atoms. The zero-order valence-electron chi connectivity index (χ0n) is 41.0. The highest BCUT2D eigenvalue weighted by Gasteiger charge is 2.38. The molecule has 0 aromatic heterocycles. The number of rotatable bonds is 47. The van der Waals surface area contributed by atoms with Crippen LogP contribution < -0.4 is 0 Å². The minimum Gasteiger partial charge on any atom is -0.481 e. The lowest BCUT2D eigenvalue weighted by molar-refractivity contribution is -0.151. The highest BCUT2D eigenvalue weighted by atomic mass is 16.5. The van der Waals surface area contributed by atoms with Crippen LogP contribution >= 0.6 is 0 Å². The van der Waals surface area contributed by atoms with Crippen LogP contribution in [0.25, 0.3) is 0 Å². The van der Waals surface area contributed by atoms with Gasteiger partial charge in [-0.2, -0.15) is 0 Å². The van der Waals surface area contributed by atoms with E-state index in [0.717, 1.165) is 180 Å². The second kappa shape index (κ2) is 39.2. The first-order chi connectivity index (χ1) is 29.7. The number of carboxylic acid groups (broad SMARTS) is 2. The number of unbranched alkanes of at least 4 members (excludes halogenated alkanes) is 24. The Morgan fingerprint density at radius 1 is 0.426 bits per heavy atom. The van der Waals surface area contributed by atoms with Crippen molar-refractivity contribution >= 4 is 11.9 Å². The molecule has 2 unspecified atom stereocenters. The quantitative estimate of drug-likeness (QED) is 0.0518. The van der Waals surface area contributed by atoms with Crippen LogP contribution in [-0.2, 0) is 19.1 Å². The normalized spacial score (nSPS) is 17.8. The molecule has 1 aliphatic rings. The third kappa shape index (κ3) is 27.7. The first-order valence-electron chi connectivity index (χ1n) is 26.8. The molecule has 8 heteroatoms. The topological polar surface area (TPSA) is 117 Å². The number of aliphatic hydroxyl groups excluding tert-OH is 1. The summed E-state index contributed by atoms with van der Waals surface area (Å²) in [6.07, 6.45) is 39.6. The van der Waals surface area contributed by atoms with Crippen molar-refractivity contribution in [3.8, 4) is 0 Å². The van der Waals surface area contributed by atoms with E-state index in [-0.39, 0.29) is 18.8 Å². The largest absolute Gasteiger partial charge is 0.481 e. The SMILES string of the molecule is CCCCCCCCC(CCCCCC)(CCCCCCO[C@H]1CN(CCCCCO)C[C@H]1OCCCCCCC(CCCCCC)(CCCCCCCC)C(=O)O)C(=O)O. The van der Waals surface area contributed by atoms with Crippen LogP contribution in [0.15, 0.2) is 0 Å². The van der Waals surface area contributed by atoms with E-state index < -0.39 is 22.8 Å². The fraction of sp³-hybridized carbons (Fsp3) is 0.962. The molecular weight excluding hydrogens is 763 g/mol. The van der Waals surface area contributed by atoms with Crippen molar-refractivity contribution in [3.05, 3.63) is 0 Å². The van der Waals surface area contributed by atoms with E-state index in [2.05, 4.69) is 32.6 Å². The van der Waals surface area contributed by atoms with Crippen molar-refractivity contribution in [2.75, 3.05) is 39.5 Å². The maximum absolute atomic E-state index is 12.8. The minimum atomic E-state index is -0.568. The molecule has 0 radical (unpaired) electrons. The number of carboxylic acids is 2. The fourth-order valence-corrected chi connectivity index (χ4v) is 9.91. The number of ether oxygens (including phenoxy) is 2. The minimum absolute atomic E-state index is 0.0591. The average Bonchev–Trinajstić information content (AvgIpc) is 3.64. The zero-order chi connectivity index (χ0) is 44.7. The van der Waals surface area contributed by atoms with Crippen molar-refractivity contribution in [1.82, 2.24) is 4.90 Å². The summed E-state index contributed by atoms with van der Waals surface area (Å²) >= 11 is 0. The van der Waals surface area contributed by atoms with Crippen LogP contribution in [0.1, 0.15) is 265 Å². The molecule has 3 N–H and O–H groups in total. The molecule has 1 rings (SSSR count). The highest BCUT2D eigenvalue weighted by Crippen LogP contribution is 2.39. The molecule has 0 saturated carbocycles. The molecule has 0 amide bonds. The molecule has 362 valence electrons. The summed E-state index contributed by atoms with van der Waals surface area (Å²) in [4.78, 5) is 28.0. The predicted molar refractivity (Wildman–Crippen MR) is 257 cm³/mol. The van der Waals surface area contributed by atoms with E-state index in [1.807, 2.05) is 0 Å². The van der Waals surface area contributed by atoms with Crippen LogP contribution in [0, 0.1) is 10.8 Å². The van der Waals surface area contributed by atoms with Crippen LogP contribution in [0.4, 0.5) is 0 Å². The molecule has 1 aliphatic heterocycles. The number of nitrogens with zero attached hydrogens (tertiary/aromatic N) is 1. The Morgan fingerprint density at radius 3 is 1.02 bits per heavy atom. The maximum atomic E-state index is 12.8. The Hall–Kier alpha value is -1.22. The van der Waals surface area contributed by atoms with Gasteiger partial charge in [-0.15, -0.1) is 0 Å². The first-order valence-corrected chi connectivity index (χ1v) is 26.8. The van der Waals surface area contributed by atoms with E-state index in [0.29, 0.717) is 13.2 Å². The number of hydrogen-bond acceptors (Lipinski definition) is 6. The highest BCUT2D eigenvalue weighted by molar-refractivity contribution is 5.75. The summed E-state index contributed by atoms with van der Waals surface area (Å²) in [7, 11) is 0. The molecule has 1 fully saturated rings. The molecule has 1 saturated heterocycles. The third-order valence-electron chi connectivity index (χ3n) is 14.1. The van der Waals surface area contributed by atoms with E-state index >= 15 is 0 Å². The van der Waals surface area contributed by atoms with Crippen molar-refractivity contribution in [2.24, 2.45) is 10.8 Å². The van der Waals surface area contributed by atoms with Crippen LogP contribution in [0.2, 0.25) is 0 Å². The summed E-state index contributed by atoms with van der Waals surface area (Å²) in [6, 6.07) is 0. The summed E-state index contributed by atoms with van der Waals surface area (Å²) in [5, 5.41) is 30.2. The standard InChI is InChI=1S/C53H103NO7/c1-5-9-13-17-19-28-38-52(50(56)57,36-26-15-11-7-3)40-30-21-23-34-44-60-48-46-54(42-32-25-33-43-55)47-49(48)61-45-35-24-22-31-41-53(51(58)59,37-27-16-12-8-4)39-29-20-18-14-10-6-2/h48-49,55H,5-47H2,1-4H3,(H,56,57)(H,58,59)/t48-,49+,52?,53?. The molecule has 0 aliphatic carbocycles. The van der Waals surface area contributed by atoms with Gasteiger partial charge in [0.15, 0.2) is 0 Å². The van der Waals surface area contributed by atoms with E-state index in [1.165, 1.54) is 77.0 Å². The Labute approximate surface area is 377 Å². The van der Waals surface area contributed by atoms with Gasteiger partial charge in [-0.05, 0) is 77.2 Å². The fourth-order valence-electron chi connectivity index (χ4n) is 9.91. The van der Waals surface area contributed by atoms with Gasteiger partial charge in [0, 0.05) is 32.9 Å². The number of likely N-dealkylation sites (tertiary alicyclic amines) is 1. The van der Waals surface area contributed by atoms with Crippen molar-refractivity contribution in [2.45, 2.75) is 277 Å². The molecular formula is C53H103NO7. The molecule has 0 aromatic rings. The molecule has 0 spiro atoms. The number of carbonyl (C=O) groups is 2. The summed E-state index contributed by atoms with van der Waals surface area (Å²) in [5.74, 6) is -1.14. The van der Waals surface area contributed by atoms with Crippen LogP contribution in [0.5, 0.6) is 0 Å². The van der Waals surface area contributed by atoms with Gasteiger partial charge in [0.25, 0.3) is 0 Å². The van der Waals surface area contributed by atoms with Gasteiger partial charge in [-0.1, -0.05) is 195 Å². The lowest BCUT2D eigenvalue weighted by Gasteiger charge is -2.30. The van der Waals surface area contributed by atoms with Gasteiger partial charge in [0.2, 0.25) is 0 Å². The van der Waals surface area contributed by atoms with E-state index in [4.69, 9.17) is 9.47 Å². The van der Waals surface area contributed by atoms with Crippen molar-refractivity contribution in [1.29, 1.82) is 0 Å². The van der Waals surface area contributed by atoms with Crippen molar-refractivity contribution < 1.29 is 34.4 Å². The van der Waals surface area contributed by atoms with E-state index in [1.54, 1.807) is 0 Å². The van der Waals surface area contributed by atoms with Gasteiger partial charge >= 0.3 is 11.9 Å². The van der Waals surface area contributed by atoms with Gasteiger partial charge < -0.3 is 24.8 Å². The Kier molecular flexibility index (Phi) is 37.1. The molecule has 8 nitrogen and oxygen atoms in total. The Morgan fingerprint density at radius 2 is 0.705 bits per heavy atom. The predicted octanol–water partition coefficient (Wildman–Crippen LogP) is 14.7. The molecule has 4 atom stereocenters. The smallest absolute Gasteiger partial charge is 0.309 e. The zero-order valence-corrected chi connectivity index (χ0v) is 41.0. The lowest BCUT2D eigenvalue weighted by atomic mass is 9.74. The van der Waals surface area contributed by atoms with Crippen molar-refractivity contribution in [3.63, 3.8) is 0 Å². The van der Waals surface area contributed by atoms with E-state index in [9.17, 15) is 24.9 Å². The van der Waals surface area contributed by atoms with Gasteiger partial charge in [0.1, 0.15) is 0 Å². The first kappa shape index (κ1) is 57.8. The number of hydrogen-bond donors (Lipinski definition) is 3. The lowest BCUT2D eigenvalue weighted by Crippen LogP contribution is -2.31. The van der Waals surface area contributed by atoms with Crippen LogP contribution in [0.3, 0.4) is 0 Å². The maximum Gasteiger partial charge on any atom is 0.309 e. The second-order valence-corrected chi connectivity index (χ2v) is 19.5. The Bertz CT molecular complexity index is 939. The van der Waals surface area contributed by atoms with Gasteiger partial charge in [-0.3, -0.25) is 14.5 Å². The number of aliphatic hydroxyl groups is 1. The third-order valence-corrected chi connectivity index (χ3v) is 14.1. The molecule has 1 heterocycles. The van der Waals surface area contributed by atoms with Gasteiger partial charge in [-0.25, -0.2) is 0 Å². The average molecular weight is 866 g/mol. The molecule has 61 heavy (non-hydrogen) atoms. The Balaban J connectivity index is 2.61. The second-order valence-electron chi connectivity index (χ2n) is 19.5. The monoisotopic (exact) mass is 866 g/mol. The summed E-state index contributed by atoms with van der Waals surface area (Å²) in [5.41, 5.74) is -1.12.